The van der Waals surface area contributed by atoms with Crippen molar-refractivity contribution in [2.45, 2.75) is 52.0 Å². The molecule has 2 N–H and O–H groups in total. The van der Waals surface area contributed by atoms with Crippen molar-refractivity contribution in [2.75, 3.05) is 18.6 Å². The molecular weight excluding hydrogens is 505 g/mol. The van der Waals surface area contributed by atoms with E-state index in [1.165, 1.54) is 30.6 Å². The summed E-state index contributed by atoms with van der Waals surface area (Å²) >= 11 is 0. The van der Waals surface area contributed by atoms with Crippen LogP contribution in [0, 0.1) is 6.92 Å². The first-order valence-corrected chi connectivity index (χ1v) is 11.7. The number of pyridine rings is 2. The first-order valence-electron chi connectivity index (χ1n) is 11.7. The number of carbonyl (C=O) groups is 2. The van der Waals surface area contributed by atoms with Crippen LogP contribution >= 0.6 is 0 Å². The Bertz CT molecular complexity index is 1400. The molecule has 1 aliphatic heterocycles. The molecular formula is C25H27F3N6O4. The smallest absolute Gasteiger partial charge is 0.408 e. The van der Waals surface area contributed by atoms with Gasteiger partial charge in [0.2, 0.25) is 5.88 Å². The van der Waals surface area contributed by atoms with Crippen molar-refractivity contribution < 1.29 is 32.6 Å². The molecule has 1 atom stereocenters. The molecule has 0 saturated carbocycles. The van der Waals surface area contributed by atoms with E-state index in [2.05, 4.69) is 15.4 Å². The molecule has 0 aromatic carbocycles. The number of alkyl halides is 3. The van der Waals surface area contributed by atoms with Gasteiger partial charge in [-0.25, -0.2) is 9.97 Å². The maximum Gasteiger partial charge on any atom is 0.408 e. The summed E-state index contributed by atoms with van der Waals surface area (Å²) in [6, 6.07) is 2.75. The number of carbonyl (C=O) groups excluding carboxylic acids is 2. The third-order valence-corrected chi connectivity index (χ3v) is 6.23. The number of aliphatic hydroxyl groups excluding tert-OH is 1. The van der Waals surface area contributed by atoms with Gasteiger partial charge in [-0.1, -0.05) is 0 Å². The minimum atomic E-state index is -4.46. The molecule has 0 bridgehead atoms. The minimum absolute atomic E-state index is 0.0897. The fourth-order valence-corrected chi connectivity index (χ4v) is 4.45. The number of hydrogen-bond acceptors (Lipinski definition) is 7. The van der Waals surface area contributed by atoms with Crippen LogP contribution in [0.4, 0.5) is 18.9 Å². The van der Waals surface area contributed by atoms with E-state index in [0.717, 1.165) is 4.68 Å². The van der Waals surface area contributed by atoms with Crippen molar-refractivity contribution in [3.63, 3.8) is 0 Å². The number of nitrogens with zero attached hydrogens (tertiary/aromatic N) is 5. The molecule has 3 aromatic heterocycles. The molecule has 0 spiro atoms. The SMILES string of the molecule is COc1ncc(-c2cc(C)c3c(n2)C(C)(C)N(c2cnn(CC(F)(F)F)c2)C3=O)cc1C(=O)NC(C)CO. The van der Waals surface area contributed by atoms with E-state index in [-0.39, 0.29) is 23.7 Å². The number of hydrogen-bond donors (Lipinski definition) is 2. The van der Waals surface area contributed by atoms with E-state index >= 15 is 0 Å². The van der Waals surface area contributed by atoms with Crippen molar-refractivity contribution in [2.24, 2.45) is 0 Å². The van der Waals surface area contributed by atoms with E-state index < -0.39 is 36.1 Å². The van der Waals surface area contributed by atoms with Crippen LogP contribution in [-0.4, -0.2) is 62.6 Å². The van der Waals surface area contributed by atoms with Crippen LogP contribution in [0.15, 0.2) is 30.7 Å². The lowest BCUT2D eigenvalue weighted by Crippen LogP contribution is -2.39. The molecule has 4 rings (SSSR count). The van der Waals surface area contributed by atoms with Gasteiger partial charge in [0, 0.05) is 24.0 Å². The predicted molar refractivity (Wildman–Crippen MR) is 131 cm³/mol. The van der Waals surface area contributed by atoms with Gasteiger partial charge in [0.1, 0.15) is 12.1 Å². The maximum absolute atomic E-state index is 13.5. The number of rotatable bonds is 7. The average Bonchev–Trinajstić information content (AvgIpc) is 3.35. The van der Waals surface area contributed by atoms with E-state index in [9.17, 15) is 27.9 Å². The topological polar surface area (TPSA) is 122 Å². The molecule has 202 valence electrons. The number of nitrogens with one attached hydrogen (secondary N) is 1. The van der Waals surface area contributed by atoms with Crippen LogP contribution in [0.2, 0.25) is 0 Å². The molecule has 10 nitrogen and oxygen atoms in total. The molecule has 3 aromatic rings. The lowest BCUT2D eigenvalue weighted by atomic mass is 9.96. The summed E-state index contributed by atoms with van der Waals surface area (Å²) in [5.74, 6) is -0.806. The fraction of sp³-hybridized carbons (Fsp3) is 0.400. The number of aromatic nitrogens is 4. The zero-order valence-electron chi connectivity index (χ0n) is 21.4. The first kappa shape index (κ1) is 27.0. The highest BCUT2D eigenvalue weighted by Gasteiger charge is 2.47. The normalized spacial score (nSPS) is 15.4. The van der Waals surface area contributed by atoms with Gasteiger partial charge in [0.15, 0.2) is 0 Å². The summed E-state index contributed by atoms with van der Waals surface area (Å²) in [7, 11) is 1.38. The molecule has 13 heteroatoms. The van der Waals surface area contributed by atoms with E-state index in [0.29, 0.717) is 28.1 Å². The van der Waals surface area contributed by atoms with Gasteiger partial charge in [0.05, 0.1) is 48.1 Å². The molecule has 38 heavy (non-hydrogen) atoms. The van der Waals surface area contributed by atoms with E-state index in [1.807, 2.05) is 0 Å². The number of ether oxygens (including phenoxy) is 1. The lowest BCUT2D eigenvalue weighted by Gasteiger charge is -2.30. The van der Waals surface area contributed by atoms with Crippen molar-refractivity contribution in [1.82, 2.24) is 25.1 Å². The van der Waals surface area contributed by atoms with Gasteiger partial charge in [0.25, 0.3) is 11.8 Å². The Hall–Kier alpha value is -4.00. The predicted octanol–water partition coefficient (Wildman–Crippen LogP) is 3.23. The highest BCUT2D eigenvalue weighted by Crippen LogP contribution is 2.43. The molecule has 0 radical (unpaired) electrons. The summed E-state index contributed by atoms with van der Waals surface area (Å²) in [5, 5.41) is 15.7. The Morgan fingerprint density at radius 2 is 1.97 bits per heavy atom. The number of halogens is 3. The molecule has 0 saturated heterocycles. The van der Waals surface area contributed by atoms with Crippen molar-refractivity contribution >= 4 is 17.5 Å². The van der Waals surface area contributed by atoms with Crippen LogP contribution in [0.5, 0.6) is 5.88 Å². The van der Waals surface area contributed by atoms with Gasteiger partial charge in [-0.15, -0.1) is 0 Å². The molecule has 0 fully saturated rings. The van der Waals surface area contributed by atoms with Gasteiger partial charge >= 0.3 is 6.18 Å². The summed E-state index contributed by atoms with van der Waals surface area (Å²) in [6.45, 7) is 5.35. The van der Waals surface area contributed by atoms with Crippen LogP contribution in [-0.2, 0) is 12.1 Å². The Morgan fingerprint density at radius 1 is 1.26 bits per heavy atom. The Labute approximate surface area is 216 Å². The molecule has 1 aliphatic rings. The highest BCUT2D eigenvalue weighted by atomic mass is 19.4. The highest BCUT2D eigenvalue weighted by molar-refractivity contribution is 6.12. The Morgan fingerprint density at radius 3 is 2.61 bits per heavy atom. The minimum Gasteiger partial charge on any atom is -0.480 e. The van der Waals surface area contributed by atoms with E-state index in [1.54, 1.807) is 39.8 Å². The summed E-state index contributed by atoms with van der Waals surface area (Å²) in [6.07, 6.45) is -0.565. The molecule has 1 unspecified atom stereocenters. The number of anilines is 1. The summed E-state index contributed by atoms with van der Waals surface area (Å²) in [5.41, 5.74) is 1.63. The van der Waals surface area contributed by atoms with Crippen molar-refractivity contribution in [3.8, 4) is 17.1 Å². The van der Waals surface area contributed by atoms with Gasteiger partial charge < -0.3 is 15.2 Å². The standard InChI is InChI=1S/C25H27F3N6O4/c1-13-6-18(15-7-17(22(38-5)29-8-15)21(36)31-14(2)11-35)32-20-19(13)23(37)34(24(20,3)4)16-9-30-33(10-16)12-25(26,27)28/h6-10,14,35H,11-12H2,1-5H3,(H,31,36). The quantitative estimate of drug-likeness (QED) is 0.479. The number of aryl methyl sites for hydroxylation is 1. The number of methoxy groups -OCH3 is 1. The monoisotopic (exact) mass is 532 g/mol. The molecule has 4 heterocycles. The average molecular weight is 533 g/mol. The molecule has 2 amide bonds. The zero-order chi connectivity index (χ0) is 28.0. The summed E-state index contributed by atoms with van der Waals surface area (Å²) < 4.78 is 44.5. The van der Waals surface area contributed by atoms with Crippen LogP contribution in [0.1, 0.15) is 52.7 Å². The zero-order valence-corrected chi connectivity index (χ0v) is 21.4. The lowest BCUT2D eigenvalue weighted by molar-refractivity contribution is -0.142. The van der Waals surface area contributed by atoms with Gasteiger partial charge in [-0.2, -0.15) is 18.3 Å². The Balaban J connectivity index is 1.75. The summed E-state index contributed by atoms with van der Waals surface area (Å²) in [4.78, 5) is 36.6. The van der Waals surface area contributed by atoms with Crippen LogP contribution in [0.25, 0.3) is 11.3 Å². The largest absolute Gasteiger partial charge is 0.480 e. The van der Waals surface area contributed by atoms with Crippen molar-refractivity contribution in [1.29, 1.82) is 0 Å². The van der Waals surface area contributed by atoms with Crippen LogP contribution < -0.4 is 15.0 Å². The fourth-order valence-electron chi connectivity index (χ4n) is 4.45. The van der Waals surface area contributed by atoms with Crippen LogP contribution in [0.3, 0.4) is 0 Å². The third-order valence-electron chi connectivity index (χ3n) is 6.23. The number of fused-ring (bicyclic) bond motifs is 1. The second-order valence-corrected chi connectivity index (χ2v) is 9.60. The molecule has 0 aliphatic carbocycles. The third kappa shape index (κ3) is 4.93. The first-order chi connectivity index (χ1) is 17.8. The van der Waals surface area contributed by atoms with E-state index in [4.69, 9.17) is 9.72 Å². The van der Waals surface area contributed by atoms with Gasteiger partial charge in [-0.3, -0.25) is 19.2 Å². The number of aliphatic hydroxyl groups is 1. The van der Waals surface area contributed by atoms with Gasteiger partial charge in [-0.05, 0) is 45.4 Å². The second-order valence-electron chi connectivity index (χ2n) is 9.60. The number of amides is 2. The maximum atomic E-state index is 13.5. The second kappa shape index (κ2) is 9.71. The Kier molecular flexibility index (Phi) is 6.91. The van der Waals surface area contributed by atoms with Crippen molar-refractivity contribution in [3.05, 3.63) is 53.1 Å².